The Balaban J connectivity index is 0.00000200. The lowest BCUT2D eigenvalue weighted by molar-refractivity contribution is 0.251. The minimum Gasteiger partial charge on any atom is -0.368 e. The zero-order valence-corrected chi connectivity index (χ0v) is 23.2. The molecule has 8 heteroatoms. The van der Waals surface area contributed by atoms with Crippen molar-refractivity contribution in [1.29, 1.82) is 0 Å². The lowest BCUT2D eigenvalue weighted by atomic mass is 10.1. The lowest BCUT2D eigenvalue weighted by Gasteiger charge is -2.36. The van der Waals surface area contributed by atoms with E-state index in [4.69, 9.17) is 4.98 Å². The number of piperazine rings is 1. The van der Waals surface area contributed by atoms with Crippen molar-refractivity contribution in [3.63, 3.8) is 0 Å². The number of halogens is 2. The maximum absolute atomic E-state index is 12.3. The molecule has 2 N–H and O–H groups in total. The summed E-state index contributed by atoms with van der Waals surface area (Å²) >= 11 is 0. The number of hydrogen-bond acceptors (Lipinski definition) is 4. The third-order valence-electron chi connectivity index (χ3n) is 6.76. The molecule has 200 valence electrons. The van der Waals surface area contributed by atoms with Crippen LogP contribution in [0.15, 0.2) is 84.9 Å². The number of nitrogens with zero attached hydrogens (tertiary/aromatic N) is 3. The van der Waals surface area contributed by atoms with Gasteiger partial charge in [0.25, 0.3) is 0 Å². The highest BCUT2D eigenvalue weighted by molar-refractivity contribution is 5.92. The summed E-state index contributed by atoms with van der Waals surface area (Å²) in [7, 11) is 0. The summed E-state index contributed by atoms with van der Waals surface area (Å²) in [6.07, 6.45) is 0.957. The summed E-state index contributed by atoms with van der Waals surface area (Å²) in [6.45, 7) is 7.65. The minimum absolute atomic E-state index is 0. The maximum Gasteiger partial charge on any atom is 0.319 e. The van der Waals surface area contributed by atoms with Crippen molar-refractivity contribution in [3.8, 4) is 0 Å². The highest BCUT2D eigenvalue weighted by atomic mass is 35.5. The van der Waals surface area contributed by atoms with Crippen molar-refractivity contribution in [2.75, 3.05) is 42.9 Å². The van der Waals surface area contributed by atoms with Crippen LogP contribution < -0.4 is 15.5 Å². The van der Waals surface area contributed by atoms with E-state index in [1.165, 1.54) is 16.6 Å². The van der Waals surface area contributed by atoms with E-state index in [9.17, 15) is 4.79 Å². The number of urea groups is 1. The first kappa shape index (κ1) is 29.2. The van der Waals surface area contributed by atoms with Crippen LogP contribution in [-0.2, 0) is 13.0 Å². The fourth-order valence-electron chi connectivity index (χ4n) is 4.77. The number of fused-ring (bicyclic) bond motifs is 1. The van der Waals surface area contributed by atoms with Gasteiger partial charge >= 0.3 is 6.03 Å². The average molecular weight is 553 g/mol. The number of aryl methyl sites for hydroxylation is 1. The van der Waals surface area contributed by atoms with Gasteiger partial charge in [-0.1, -0.05) is 48.5 Å². The van der Waals surface area contributed by atoms with Gasteiger partial charge in [-0.3, -0.25) is 9.88 Å². The second kappa shape index (κ2) is 14.0. The Labute approximate surface area is 237 Å². The Bertz CT molecular complexity index is 1330. The number of aromatic nitrogens is 1. The van der Waals surface area contributed by atoms with Gasteiger partial charge in [0.15, 0.2) is 0 Å². The Morgan fingerprint density at radius 3 is 2.37 bits per heavy atom. The largest absolute Gasteiger partial charge is 0.368 e. The number of nitrogens with one attached hydrogen (secondary N) is 2. The van der Waals surface area contributed by atoms with E-state index in [-0.39, 0.29) is 30.8 Å². The molecule has 6 nitrogen and oxygen atoms in total. The Hall–Kier alpha value is -3.32. The fraction of sp³-hybridized carbons (Fsp3) is 0.267. The molecule has 2 heterocycles. The monoisotopic (exact) mass is 551 g/mol. The molecule has 5 rings (SSSR count). The first-order valence-corrected chi connectivity index (χ1v) is 12.7. The summed E-state index contributed by atoms with van der Waals surface area (Å²) in [5, 5.41) is 7.10. The van der Waals surface area contributed by atoms with Crippen LogP contribution in [0.5, 0.6) is 0 Å². The smallest absolute Gasteiger partial charge is 0.319 e. The minimum atomic E-state index is -0.189. The van der Waals surface area contributed by atoms with E-state index in [1.54, 1.807) is 0 Å². The fourth-order valence-corrected chi connectivity index (χ4v) is 4.77. The lowest BCUT2D eigenvalue weighted by Crippen LogP contribution is -2.47. The van der Waals surface area contributed by atoms with E-state index in [2.05, 4.69) is 62.9 Å². The highest BCUT2D eigenvalue weighted by Gasteiger charge is 2.18. The van der Waals surface area contributed by atoms with E-state index in [0.29, 0.717) is 6.54 Å². The molecule has 0 aliphatic carbocycles. The van der Waals surface area contributed by atoms with E-state index < -0.39 is 0 Å². The topological polar surface area (TPSA) is 60.5 Å². The predicted molar refractivity (Wildman–Crippen MR) is 162 cm³/mol. The molecule has 4 aromatic rings. The number of carbonyl (C=O) groups excluding carboxylic acids is 1. The summed E-state index contributed by atoms with van der Waals surface area (Å²) in [5.41, 5.74) is 6.53. The Kier molecular flexibility index (Phi) is 10.8. The van der Waals surface area contributed by atoms with Gasteiger partial charge in [0.05, 0.1) is 5.52 Å². The van der Waals surface area contributed by atoms with Gasteiger partial charge in [0.1, 0.15) is 0 Å². The summed E-state index contributed by atoms with van der Waals surface area (Å²) < 4.78 is 0. The second-order valence-electron chi connectivity index (χ2n) is 9.37. The second-order valence-corrected chi connectivity index (χ2v) is 9.37. The van der Waals surface area contributed by atoms with Crippen LogP contribution in [0.2, 0.25) is 0 Å². The van der Waals surface area contributed by atoms with Crippen molar-refractivity contribution in [3.05, 3.63) is 102 Å². The molecule has 0 atom stereocenters. The zero-order chi connectivity index (χ0) is 24.7. The molecule has 1 aliphatic heterocycles. The predicted octanol–water partition coefficient (Wildman–Crippen LogP) is 6.07. The SMILES string of the molecule is Cc1ccc2c(N3CCN(CCc4cccc(NC(=O)NCc5ccccc5)c4)CC3)cccc2n1.Cl.Cl. The van der Waals surface area contributed by atoms with Crippen LogP contribution in [-0.4, -0.2) is 48.6 Å². The number of amides is 2. The molecular formula is C30H35Cl2N5O. The van der Waals surface area contributed by atoms with E-state index in [1.807, 2.05) is 49.4 Å². The van der Waals surface area contributed by atoms with Crippen molar-refractivity contribution < 1.29 is 4.79 Å². The van der Waals surface area contributed by atoms with E-state index in [0.717, 1.165) is 61.6 Å². The van der Waals surface area contributed by atoms with Gasteiger partial charge in [-0.15, -0.1) is 24.8 Å². The quantitative estimate of drug-likeness (QED) is 0.292. The zero-order valence-electron chi connectivity index (χ0n) is 21.6. The van der Waals surface area contributed by atoms with Gasteiger partial charge in [0, 0.05) is 61.7 Å². The molecule has 3 aromatic carbocycles. The molecule has 0 bridgehead atoms. The van der Waals surface area contributed by atoms with Gasteiger partial charge in [-0.25, -0.2) is 4.79 Å². The number of pyridine rings is 1. The molecular weight excluding hydrogens is 517 g/mol. The van der Waals surface area contributed by atoms with Crippen LogP contribution >= 0.6 is 24.8 Å². The van der Waals surface area contributed by atoms with Crippen molar-refractivity contribution in [2.24, 2.45) is 0 Å². The third-order valence-corrected chi connectivity index (χ3v) is 6.76. The molecule has 0 saturated carbocycles. The molecule has 2 amide bonds. The van der Waals surface area contributed by atoms with Crippen LogP contribution in [0.4, 0.5) is 16.2 Å². The number of anilines is 2. The van der Waals surface area contributed by atoms with Crippen LogP contribution in [0.25, 0.3) is 10.9 Å². The summed E-state index contributed by atoms with van der Waals surface area (Å²) in [4.78, 5) is 22.0. The first-order chi connectivity index (χ1) is 17.6. The number of benzene rings is 3. The number of carbonyl (C=O) groups is 1. The number of hydrogen-bond donors (Lipinski definition) is 2. The first-order valence-electron chi connectivity index (χ1n) is 12.7. The third kappa shape index (κ3) is 7.60. The van der Waals surface area contributed by atoms with Crippen LogP contribution in [0.1, 0.15) is 16.8 Å². The van der Waals surface area contributed by atoms with Crippen LogP contribution in [0.3, 0.4) is 0 Å². The molecule has 0 spiro atoms. The highest BCUT2D eigenvalue weighted by Crippen LogP contribution is 2.27. The van der Waals surface area contributed by atoms with Gasteiger partial charge in [-0.2, -0.15) is 0 Å². The Morgan fingerprint density at radius 1 is 0.842 bits per heavy atom. The maximum atomic E-state index is 12.3. The molecule has 1 fully saturated rings. The van der Waals surface area contributed by atoms with Gasteiger partial charge < -0.3 is 15.5 Å². The molecule has 0 radical (unpaired) electrons. The van der Waals surface area contributed by atoms with Crippen molar-refractivity contribution in [2.45, 2.75) is 19.9 Å². The van der Waals surface area contributed by atoms with Crippen LogP contribution in [0, 0.1) is 6.92 Å². The molecule has 1 aromatic heterocycles. The summed E-state index contributed by atoms with van der Waals surface area (Å²) in [5.74, 6) is 0. The Morgan fingerprint density at radius 2 is 1.58 bits per heavy atom. The standard InChI is InChI=1S/C30H33N5O.2ClH/c1-23-13-14-27-28(32-23)11-6-12-29(27)35-19-17-34(18-20-35)16-15-24-9-5-10-26(21-24)33-30(36)31-22-25-7-3-2-4-8-25;;/h2-14,21H,15-20,22H2,1H3,(H2,31,33,36);2*1H. The number of rotatable bonds is 7. The molecule has 1 aliphatic rings. The van der Waals surface area contributed by atoms with Gasteiger partial charge in [0.2, 0.25) is 0 Å². The van der Waals surface area contributed by atoms with Crippen molar-refractivity contribution in [1.82, 2.24) is 15.2 Å². The molecule has 38 heavy (non-hydrogen) atoms. The van der Waals surface area contributed by atoms with E-state index >= 15 is 0 Å². The molecule has 1 saturated heterocycles. The summed E-state index contributed by atoms with van der Waals surface area (Å²) in [6, 6.07) is 28.6. The van der Waals surface area contributed by atoms with Crippen molar-refractivity contribution >= 4 is 53.1 Å². The van der Waals surface area contributed by atoms with Gasteiger partial charge in [-0.05, 0) is 60.9 Å². The average Bonchev–Trinajstić information content (AvgIpc) is 2.91. The normalized spacial score (nSPS) is 13.3. The molecule has 0 unspecified atom stereocenters.